The molecule has 0 aliphatic carbocycles. The Hall–Kier alpha value is -1.00. The summed E-state index contributed by atoms with van der Waals surface area (Å²) in [6.07, 6.45) is 1.44. The highest BCUT2D eigenvalue weighted by atomic mass is 32.3. The van der Waals surface area contributed by atoms with Crippen LogP contribution in [0.15, 0.2) is 12.2 Å². The molecule has 23 heavy (non-hydrogen) atoms. The molecule has 0 spiro atoms. The van der Waals surface area contributed by atoms with Crippen LogP contribution in [0, 0.1) is 0 Å². The molecule has 8 nitrogen and oxygen atoms in total. The first-order valence-corrected chi connectivity index (χ1v) is 8.32. The molecule has 0 saturated carbocycles. The lowest BCUT2D eigenvalue weighted by atomic mass is 10.2. The number of aliphatic carboxylic acids is 1. The number of hydrogen-bond acceptors (Lipinski definition) is 6. The Morgan fingerprint density at radius 1 is 1.04 bits per heavy atom. The molecular weight excluding hydrogens is 324 g/mol. The summed E-state index contributed by atoms with van der Waals surface area (Å²) < 4.78 is 30.7. The Balaban J connectivity index is -0.000000110. The van der Waals surface area contributed by atoms with Crippen LogP contribution in [0.2, 0.25) is 0 Å². The standard InChI is InChI=1S/C6H10O2.2C3H9N.C2H6O4S/c1-3-4-5(2)6(7)8;2*1-4(2)3;1-2-6-7(3,4)5/h2-4H2,1H3,(H,7,8);2*1-3H3;2H2,1H3,(H,3,4,5). The van der Waals surface area contributed by atoms with Gasteiger partial charge in [-0.3, -0.25) is 4.55 Å². The van der Waals surface area contributed by atoms with Gasteiger partial charge in [0.2, 0.25) is 0 Å². The van der Waals surface area contributed by atoms with Crippen LogP contribution >= 0.6 is 0 Å². The molecular formula is C14H34N2O6S. The second-order valence-corrected chi connectivity index (χ2v) is 6.27. The second kappa shape index (κ2) is 19.0. The van der Waals surface area contributed by atoms with Crippen LogP contribution in [-0.4, -0.2) is 82.7 Å². The van der Waals surface area contributed by atoms with Gasteiger partial charge in [-0.1, -0.05) is 19.9 Å². The van der Waals surface area contributed by atoms with Crippen LogP contribution in [0.25, 0.3) is 0 Å². The van der Waals surface area contributed by atoms with E-state index in [2.05, 4.69) is 10.8 Å². The molecule has 0 rings (SSSR count). The van der Waals surface area contributed by atoms with Crippen molar-refractivity contribution in [2.45, 2.75) is 26.7 Å². The maximum Gasteiger partial charge on any atom is 0.397 e. The Morgan fingerprint density at radius 2 is 1.35 bits per heavy atom. The van der Waals surface area contributed by atoms with Gasteiger partial charge in [0.1, 0.15) is 0 Å². The third-order valence-corrected chi connectivity index (χ3v) is 1.65. The quantitative estimate of drug-likeness (QED) is 0.564. The smallest absolute Gasteiger partial charge is 0.397 e. The van der Waals surface area contributed by atoms with Crippen molar-refractivity contribution in [2.24, 2.45) is 0 Å². The SMILES string of the molecule is C=C(CCC)C(=O)O.CCOS(=O)(=O)O.CN(C)C.CN(C)C. The molecule has 142 valence electrons. The first-order valence-electron chi connectivity index (χ1n) is 6.95. The Kier molecular flexibility index (Phi) is 24.8. The normalized spacial score (nSPS) is 9.70. The molecule has 0 radical (unpaired) electrons. The molecule has 0 saturated heterocycles. The minimum absolute atomic E-state index is 0.0289. The number of carboxylic acids is 1. The van der Waals surface area contributed by atoms with Crippen LogP contribution in [0.3, 0.4) is 0 Å². The van der Waals surface area contributed by atoms with E-state index in [4.69, 9.17) is 9.66 Å². The molecule has 0 fully saturated rings. The van der Waals surface area contributed by atoms with E-state index in [0.29, 0.717) is 12.0 Å². The fourth-order valence-corrected chi connectivity index (χ4v) is 0.855. The van der Waals surface area contributed by atoms with Gasteiger partial charge >= 0.3 is 16.4 Å². The zero-order chi connectivity index (χ0) is 19.6. The summed E-state index contributed by atoms with van der Waals surface area (Å²) in [5, 5.41) is 8.21. The number of carbonyl (C=O) groups is 1. The van der Waals surface area contributed by atoms with Gasteiger partial charge in [0, 0.05) is 5.57 Å². The number of carboxylic acid groups (broad SMARTS) is 1. The number of nitrogens with zero attached hydrogens (tertiary/aromatic N) is 2. The topological polar surface area (TPSA) is 107 Å². The molecule has 0 atom stereocenters. The summed E-state index contributed by atoms with van der Waals surface area (Å²) in [7, 11) is 7.83. The van der Waals surface area contributed by atoms with E-state index in [1.54, 1.807) is 0 Å². The molecule has 0 aliphatic rings. The van der Waals surface area contributed by atoms with Crippen molar-refractivity contribution in [2.75, 3.05) is 48.9 Å². The summed E-state index contributed by atoms with van der Waals surface area (Å²) >= 11 is 0. The third-order valence-electron chi connectivity index (χ3n) is 1.12. The highest BCUT2D eigenvalue weighted by Gasteiger charge is 1.99. The molecule has 0 unspecified atom stereocenters. The molecule has 0 aliphatic heterocycles. The molecule has 0 aromatic carbocycles. The summed E-state index contributed by atoms with van der Waals surface area (Å²) in [5.41, 5.74) is 0.299. The molecule has 0 aromatic heterocycles. The predicted molar refractivity (Wildman–Crippen MR) is 94.1 cm³/mol. The van der Waals surface area contributed by atoms with Crippen molar-refractivity contribution >= 4 is 16.4 Å². The van der Waals surface area contributed by atoms with Gasteiger partial charge in [0.15, 0.2) is 0 Å². The predicted octanol–water partition coefficient (Wildman–Crippen LogP) is 1.61. The molecule has 0 bridgehead atoms. The first-order chi connectivity index (χ1) is 10.2. The van der Waals surface area contributed by atoms with Crippen molar-refractivity contribution in [3.8, 4) is 0 Å². The molecule has 2 N–H and O–H groups in total. The minimum atomic E-state index is -4.17. The van der Waals surface area contributed by atoms with E-state index in [-0.39, 0.29) is 6.61 Å². The molecule has 0 heterocycles. The van der Waals surface area contributed by atoms with E-state index in [9.17, 15) is 13.2 Å². The summed E-state index contributed by atoms with van der Waals surface area (Å²) in [4.78, 5) is 14.0. The van der Waals surface area contributed by atoms with Crippen LogP contribution in [0.5, 0.6) is 0 Å². The monoisotopic (exact) mass is 358 g/mol. The van der Waals surface area contributed by atoms with Gasteiger partial charge in [-0.15, -0.1) is 0 Å². The van der Waals surface area contributed by atoms with Gasteiger partial charge in [0.05, 0.1) is 6.61 Å². The first kappa shape index (κ1) is 29.9. The summed E-state index contributed by atoms with van der Waals surface area (Å²) in [6.45, 7) is 6.71. The van der Waals surface area contributed by atoms with Crippen LogP contribution < -0.4 is 0 Å². The summed E-state index contributed by atoms with van der Waals surface area (Å²) in [5.74, 6) is -0.883. The van der Waals surface area contributed by atoms with Gasteiger partial charge in [-0.25, -0.2) is 8.98 Å². The van der Waals surface area contributed by atoms with Crippen molar-refractivity contribution in [3.05, 3.63) is 12.2 Å². The molecule has 0 amide bonds. The Morgan fingerprint density at radius 3 is 1.39 bits per heavy atom. The average molecular weight is 359 g/mol. The van der Waals surface area contributed by atoms with E-state index < -0.39 is 16.4 Å². The van der Waals surface area contributed by atoms with Crippen molar-refractivity contribution < 1.29 is 27.1 Å². The fourth-order valence-electron chi connectivity index (χ4n) is 0.558. The van der Waals surface area contributed by atoms with Gasteiger partial charge in [-0.2, -0.15) is 8.42 Å². The summed E-state index contributed by atoms with van der Waals surface area (Å²) in [6, 6.07) is 0. The van der Waals surface area contributed by atoms with Crippen molar-refractivity contribution in [3.63, 3.8) is 0 Å². The average Bonchev–Trinajstić information content (AvgIpc) is 2.26. The fraction of sp³-hybridized carbons (Fsp3) is 0.786. The van der Waals surface area contributed by atoms with Gasteiger partial charge < -0.3 is 14.9 Å². The maximum absolute atomic E-state index is 9.99. The maximum atomic E-state index is 9.99. The van der Waals surface area contributed by atoms with Crippen LogP contribution in [-0.2, 0) is 19.4 Å². The van der Waals surface area contributed by atoms with Gasteiger partial charge in [-0.05, 0) is 55.6 Å². The van der Waals surface area contributed by atoms with Gasteiger partial charge in [0.25, 0.3) is 0 Å². The third kappa shape index (κ3) is 75.8. The zero-order valence-electron chi connectivity index (χ0n) is 15.7. The Bertz CT molecular complexity index is 369. The highest BCUT2D eigenvalue weighted by Crippen LogP contribution is 1.99. The van der Waals surface area contributed by atoms with Crippen molar-refractivity contribution in [1.29, 1.82) is 0 Å². The second-order valence-electron chi connectivity index (χ2n) is 5.18. The zero-order valence-corrected chi connectivity index (χ0v) is 16.5. The number of rotatable bonds is 5. The highest BCUT2D eigenvalue weighted by molar-refractivity contribution is 7.80. The van der Waals surface area contributed by atoms with E-state index in [1.165, 1.54) is 6.92 Å². The largest absolute Gasteiger partial charge is 0.478 e. The minimum Gasteiger partial charge on any atom is -0.478 e. The van der Waals surface area contributed by atoms with E-state index in [0.717, 1.165) is 6.42 Å². The van der Waals surface area contributed by atoms with Crippen LogP contribution in [0.4, 0.5) is 0 Å². The Labute approximate surface area is 141 Å². The molecule has 9 heteroatoms. The lowest BCUT2D eigenvalue weighted by Crippen LogP contribution is -2.01. The van der Waals surface area contributed by atoms with E-state index in [1.807, 2.05) is 59.0 Å². The van der Waals surface area contributed by atoms with Crippen LogP contribution in [0.1, 0.15) is 26.7 Å². The lowest BCUT2D eigenvalue weighted by Gasteiger charge is -1.92. The van der Waals surface area contributed by atoms with E-state index >= 15 is 0 Å². The molecule has 0 aromatic rings. The van der Waals surface area contributed by atoms with Crippen molar-refractivity contribution in [1.82, 2.24) is 9.80 Å². The number of hydrogen-bond donors (Lipinski definition) is 2. The lowest BCUT2D eigenvalue weighted by molar-refractivity contribution is -0.132.